The van der Waals surface area contributed by atoms with Crippen LogP contribution >= 0.6 is 11.6 Å². The Hall–Kier alpha value is -2.28. The minimum absolute atomic E-state index is 0.158. The molecule has 4 N–H and O–H groups in total. The molecular formula is C10H10ClN3O4. The highest BCUT2D eigenvalue weighted by Crippen LogP contribution is 2.32. The number of amides is 2. The van der Waals surface area contributed by atoms with Gasteiger partial charge in [-0.05, 0) is 6.07 Å². The third-order valence-electron chi connectivity index (χ3n) is 1.88. The lowest BCUT2D eigenvalue weighted by Crippen LogP contribution is -2.32. The van der Waals surface area contributed by atoms with Crippen LogP contribution in [0, 0.1) is 0 Å². The van der Waals surface area contributed by atoms with Crippen LogP contribution in [0.15, 0.2) is 17.2 Å². The lowest BCUT2D eigenvalue weighted by Gasteiger charge is -2.06. The van der Waals surface area contributed by atoms with E-state index in [0.717, 1.165) is 6.21 Å². The summed E-state index contributed by atoms with van der Waals surface area (Å²) in [7, 11) is 1.36. The third-order valence-corrected chi connectivity index (χ3v) is 2.10. The molecule has 1 aromatic carbocycles. The van der Waals surface area contributed by atoms with Crippen molar-refractivity contribution in [3.8, 4) is 11.5 Å². The SMILES string of the molecule is COc1cc(Cl)cc(/C=N/NC(=O)C(N)=O)c1O. The Morgan fingerprint density at radius 3 is 2.78 bits per heavy atom. The molecule has 0 radical (unpaired) electrons. The van der Waals surface area contributed by atoms with Crippen molar-refractivity contribution in [2.24, 2.45) is 10.8 Å². The fraction of sp³-hybridized carbons (Fsp3) is 0.100. The van der Waals surface area contributed by atoms with Gasteiger partial charge in [0.15, 0.2) is 11.5 Å². The first-order valence-corrected chi connectivity index (χ1v) is 5.03. The zero-order chi connectivity index (χ0) is 13.7. The molecule has 1 aromatic rings. The van der Waals surface area contributed by atoms with E-state index in [-0.39, 0.29) is 17.1 Å². The Morgan fingerprint density at radius 2 is 2.22 bits per heavy atom. The van der Waals surface area contributed by atoms with Gasteiger partial charge in [-0.1, -0.05) is 11.6 Å². The molecular weight excluding hydrogens is 262 g/mol. The maximum absolute atomic E-state index is 10.8. The summed E-state index contributed by atoms with van der Waals surface area (Å²) < 4.78 is 4.87. The third kappa shape index (κ3) is 3.36. The van der Waals surface area contributed by atoms with Crippen molar-refractivity contribution in [2.45, 2.75) is 0 Å². The van der Waals surface area contributed by atoms with E-state index in [1.165, 1.54) is 19.2 Å². The minimum atomic E-state index is -1.17. The van der Waals surface area contributed by atoms with Gasteiger partial charge in [-0.3, -0.25) is 9.59 Å². The van der Waals surface area contributed by atoms with E-state index < -0.39 is 11.8 Å². The van der Waals surface area contributed by atoms with Crippen molar-refractivity contribution >= 4 is 29.6 Å². The average molecular weight is 272 g/mol. The zero-order valence-electron chi connectivity index (χ0n) is 9.31. The number of rotatable bonds is 3. The van der Waals surface area contributed by atoms with E-state index in [4.69, 9.17) is 22.1 Å². The number of carbonyl (C=O) groups is 2. The molecule has 0 aromatic heterocycles. The number of primary amides is 1. The lowest BCUT2D eigenvalue weighted by atomic mass is 10.2. The number of phenols is 1. The number of nitrogens with one attached hydrogen (secondary N) is 1. The van der Waals surface area contributed by atoms with Crippen LogP contribution in [0.3, 0.4) is 0 Å². The fourth-order valence-electron chi connectivity index (χ4n) is 1.06. The Bertz CT molecular complexity index is 516. The number of hydrogen-bond donors (Lipinski definition) is 3. The average Bonchev–Trinajstić information content (AvgIpc) is 2.32. The first kappa shape index (κ1) is 13.8. The number of ether oxygens (including phenoxy) is 1. The molecule has 96 valence electrons. The molecule has 0 aliphatic carbocycles. The second-order valence-electron chi connectivity index (χ2n) is 3.11. The highest BCUT2D eigenvalue weighted by molar-refractivity contribution is 6.34. The summed E-state index contributed by atoms with van der Waals surface area (Å²) in [6, 6.07) is 2.82. The summed E-state index contributed by atoms with van der Waals surface area (Å²) >= 11 is 5.78. The largest absolute Gasteiger partial charge is 0.504 e. The van der Waals surface area contributed by atoms with Gasteiger partial charge in [0.25, 0.3) is 0 Å². The van der Waals surface area contributed by atoms with Gasteiger partial charge in [0, 0.05) is 16.7 Å². The van der Waals surface area contributed by atoms with E-state index in [1.807, 2.05) is 5.43 Å². The second kappa shape index (κ2) is 5.87. The van der Waals surface area contributed by atoms with Crippen LogP contribution in [0.4, 0.5) is 0 Å². The second-order valence-corrected chi connectivity index (χ2v) is 3.55. The molecule has 8 heteroatoms. The number of methoxy groups -OCH3 is 1. The number of carbonyl (C=O) groups excluding carboxylic acids is 2. The standard InChI is InChI=1S/C10H10ClN3O4/c1-18-7-3-6(11)2-5(8(7)15)4-13-14-10(17)9(12)16/h2-4,15H,1H3,(H2,12,16)(H,14,17)/b13-4+. The van der Waals surface area contributed by atoms with E-state index in [1.54, 1.807) is 0 Å². The van der Waals surface area contributed by atoms with Crippen molar-refractivity contribution in [3.05, 3.63) is 22.7 Å². The maximum atomic E-state index is 10.8. The summed E-state index contributed by atoms with van der Waals surface area (Å²) in [4.78, 5) is 21.2. The number of nitrogens with zero attached hydrogens (tertiary/aromatic N) is 1. The summed E-state index contributed by atoms with van der Waals surface area (Å²) in [5, 5.41) is 13.5. The Morgan fingerprint density at radius 1 is 1.56 bits per heavy atom. The van der Waals surface area contributed by atoms with E-state index in [0.29, 0.717) is 5.02 Å². The smallest absolute Gasteiger partial charge is 0.329 e. The molecule has 0 aliphatic heterocycles. The van der Waals surface area contributed by atoms with E-state index in [2.05, 4.69) is 5.10 Å². The summed E-state index contributed by atoms with van der Waals surface area (Å²) in [5.74, 6) is -2.27. The molecule has 0 bridgehead atoms. The van der Waals surface area contributed by atoms with Gasteiger partial charge in [-0.2, -0.15) is 5.10 Å². The molecule has 0 spiro atoms. The van der Waals surface area contributed by atoms with Gasteiger partial charge in [-0.25, -0.2) is 5.43 Å². The first-order chi connectivity index (χ1) is 8.45. The minimum Gasteiger partial charge on any atom is -0.504 e. The van der Waals surface area contributed by atoms with Crippen LogP contribution in [0.1, 0.15) is 5.56 Å². The predicted molar refractivity (Wildman–Crippen MR) is 64.6 cm³/mol. The highest BCUT2D eigenvalue weighted by Gasteiger charge is 2.09. The van der Waals surface area contributed by atoms with Crippen molar-refractivity contribution in [1.82, 2.24) is 5.43 Å². The van der Waals surface area contributed by atoms with Gasteiger partial charge in [0.1, 0.15) is 0 Å². The Kier molecular flexibility index (Phi) is 4.50. The van der Waals surface area contributed by atoms with Gasteiger partial charge >= 0.3 is 11.8 Å². The molecule has 2 amide bonds. The molecule has 0 saturated heterocycles. The van der Waals surface area contributed by atoms with Gasteiger partial charge in [-0.15, -0.1) is 0 Å². The highest BCUT2D eigenvalue weighted by atomic mass is 35.5. The number of aromatic hydroxyl groups is 1. The number of hydrazone groups is 1. The maximum Gasteiger partial charge on any atom is 0.329 e. The van der Waals surface area contributed by atoms with Crippen LogP contribution < -0.4 is 15.9 Å². The number of nitrogens with two attached hydrogens (primary N) is 1. The molecule has 0 aliphatic rings. The molecule has 0 saturated carbocycles. The van der Waals surface area contributed by atoms with Crippen LogP contribution in [-0.2, 0) is 9.59 Å². The number of benzene rings is 1. The van der Waals surface area contributed by atoms with Gasteiger partial charge < -0.3 is 15.6 Å². The van der Waals surface area contributed by atoms with Crippen molar-refractivity contribution < 1.29 is 19.4 Å². The molecule has 0 heterocycles. The molecule has 18 heavy (non-hydrogen) atoms. The Balaban J connectivity index is 2.91. The normalized spacial score (nSPS) is 10.3. The number of phenolic OH excluding ortho intramolecular Hbond substituents is 1. The lowest BCUT2D eigenvalue weighted by molar-refractivity contribution is -0.137. The fourth-order valence-corrected chi connectivity index (χ4v) is 1.28. The van der Waals surface area contributed by atoms with Crippen LogP contribution in [0.5, 0.6) is 11.5 Å². The van der Waals surface area contributed by atoms with Crippen molar-refractivity contribution in [2.75, 3.05) is 7.11 Å². The topological polar surface area (TPSA) is 114 Å². The van der Waals surface area contributed by atoms with Crippen LogP contribution in [0.25, 0.3) is 0 Å². The molecule has 7 nitrogen and oxygen atoms in total. The van der Waals surface area contributed by atoms with Crippen LogP contribution in [-0.4, -0.2) is 30.2 Å². The summed E-state index contributed by atoms with van der Waals surface area (Å²) in [5.41, 5.74) is 6.79. The van der Waals surface area contributed by atoms with Crippen LogP contribution in [0.2, 0.25) is 5.02 Å². The molecule has 0 unspecified atom stereocenters. The van der Waals surface area contributed by atoms with Crippen molar-refractivity contribution in [3.63, 3.8) is 0 Å². The van der Waals surface area contributed by atoms with Gasteiger partial charge in [0.05, 0.1) is 13.3 Å². The predicted octanol–water partition coefficient (Wildman–Crippen LogP) is -0.0104. The molecule has 1 rings (SSSR count). The Labute approximate surface area is 107 Å². The first-order valence-electron chi connectivity index (χ1n) is 4.65. The quantitative estimate of drug-likeness (QED) is 0.407. The summed E-state index contributed by atoms with van der Waals surface area (Å²) in [6.07, 6.45) is 1.10. The molecule has 0 fully saturated rings. The number of hydrogen-bond acceptors (Lipinski definition) is 5. The summed E-state index contributed by atoms with van der Waals surface area (Å²) in [6.45, 7) is 0. The monoisotopic (exact) mass is 271 g/mol. The van der Waals surface area contributed by atoms with Crippen molar-refractivity contribution in [1.29, 1.82) is 0 Å². The zero-order valence-corrected chi connectivity index (χ0v) is 10.1. The molecule has 0 atom stereocenters. The van der Waals surface area contributed by atoms with E-state index >= 15 is 0 Å². The van der Waals surface area contributed by atoms with Gasteiger partial charge in [0.2, 0.25) is 0 Å². The van der Waals surface area contributed by atoms with E-state index in [9.17, 15) is 14.7 Å². The number of halogens is 1.